The average Bonchev–Trinajstić information content (AvgIpc) is 2.44. The first-order valence-electron chi connectivity index (χ1n) is 7.51. The van der Waals surface area contributed by atoms with Crippen LogP contribution < -0.4 is 10.6 Å². The Morgan fingerprint density at radius 1 is 1.26 bits per heavy atom. The summed E-state index contributed by atoms with van der Waals surface area (Å²) in [6.07, 6.45) is 6.20. The molecule has 1 aliphatic carbocycles. The lowest BCUT2D eigenvalue weighted by Gasteiger charge is -2.26. The lowest BCUT2D eigenvalue weighted by molar-refractivity contribution is -0.118. The summed E-state index contributed by atoms with van der Waals surface area (Å²) in [5.41, 5.74) is 0. The molecule has 1 amide bonds. The molecule has 4 nitrogen and oxygen atoms in total. The molecule has 0 radical (unpaired) electrons. The molecule has 0 aromatic carbocycles. The Kier molecular flexibility index (Phi) is 6.47. The van der Waals surface area contributed by atoms with Crippen molar-refractivity contribution < 1.29 is 9.90 Å². The third-order valence-corrected chi connectivity index (χ3v) is 5.45. The molecule has 3 N–H and O–H groups in total. The average molecular weight is 286 g/mol. The van der Waals surface area contributed by atoms with Gasteiger partial charge < -0.3 is 15.7 Å². The molecule has 0 aromatic heterocycles. The SMILES string of the molecule is O=C(CSC1CCNCC1)NCC1CCCC(O)C1. The van der Waals surface area contributed by atoms with Gasteiger partial charge in [-0.15, -0.1) is 11.8 Å². The van der Waals surface area contributed by atoms with Gasteiger partial charge in [0.15, 0.2) is 0 Å². The van der Waals surface area contributed by atoms with Crippen LogP contribution in [0.25, 0.3) is 0 Å². The number of aliphatic hydroxyl groups excluding tert-OH is 1. The van der Waals surface area contributed by atoms with E-state index in [4.69, 9.17) is 0 Å². The van der Waals surface area contributed by atoms with E-state index in [1.807, 2.05) is 0 Å². The second-order valence-electron chi connectivity index (χ2n) is 5.75. The number of nitrogens with one attached hydrogen (secondary N) is 2. The zero-order valence-corrected chi connectivity index (χ0v) is 12.4. The summed E-state index contributed by atoms with van der Waals surface area (Å²) in [6, 6.07) is 0. The van der Waals surface area contributed by atoms with Crippen molar-refractivity contribution in [3.8, 4) is 0 Å². The van der Waals surface area contributed by atoms with Crippen LogP contribution in [0.5, 0.6) is 0 Å². The van der Waals surface area contributed by atoms with Gasteiger partial charge in [0, 0.05) is 11.8 Å². The third-order valence-electron chi connectivity index (χ3n) is 4.08. The highest BCUT2D eigenvalue weighted by molar-refractivity contribution is 8.00. The zero-order chi connectivity index (χ0) is 13.5. The summed E-state index contributed by atoms with van der Waals surface area (Å²) >= 11 is 1.79. The van der Waals surface area contributed by atoms with E-state index in [9.17, 15) is 9.90 Å². The number of amides is 1. The number of hydrogen-bond donors (Lipinski definition) is 3. The molecule has 2 atom stereocenters. The van der Waals surface area contributed by atoms with Crippen molar-refractivity contribution in [1.82, 2.24) is 10.6 Å². The van der Waals surface area contributed by atoms with Crippen molar-refractivity contribution in [3.05, 3.63) is 0 Å². The summed E-state index contributed by atoms with van der Waals surface area (Å²) in [5.74, 6) is 1.21. The first-order valence-corrected chi connectivity index (χ1v) is 8.56. The van der Waals surface area contributed by atoms with Crippen LogP contribution in [-0.4, -0.2) is 47.8 Å². The van der Waals surface area contributed by atoms with Gasteiger partial charge in [-0.2, -0.15) is 0 Å². The van der Waals surface area contributed by atoms with E-state index in [0.29, 0.717) is 16.9 Å². The molecule has 0 bridgehead atoms. The van der Waals surface area contributed by atoms with E-state index in [2.05, 4.69) is 10.6 Å². The van der Waals surface area contributed by atoms with Crippen LogP contribution >= 0.6 is 11.8 Å². The van der Waals surface area contributed by atoms with Crippen molar-refractivity contribution in [2.75, 3.05) is 25.4 Å². The summed E-state index contributed by atoms with van der Waals surface area (Å²) in [7, 11) is 0. The molecule has 0 aromatic rings. The van der Waals surface area contributed by atoms with E-state index in [1.54, 1.807) is 11.8 Å². The monoisotopic (exact) mass is 286 g/mol. The predicted octanol–water partition coefficient (Wildman–Crippen LogP) is 1.14. The molecule has 19 heavy (non-hydrogen) atoms. The topological polar surface area (TPSA) is 61.4 Å². The lowest BCUT2D eigenvalue weighted by atomic mass is 9.87. The van der Waals surface area contributed by atoms with Gasteiger partial charge in [0.25, 0.3) is 0 Å². The number of carbonyl (C=O) groups is 1. The minimum absolute atomic E-state index is 0.153. The highest BCUT2D eigenvalue weighted by Gasteiger charge is 2.21. The fourth-order valence-electron chi connectivity index (χ4n) is 2.91. The number of piperidine rings is 1. The van der Waals surface area contributed by atoms with E-state index >= 15 is 0 Å². The fourth-order valence-corrected chi connectivity index (χ4v) is 3.97. The largest absolute Gasteiger partial charge is 0.393 e. The van der Waals surface area contributed by atoms with Gasteiger partial charge in [0.05, 0.1) is 11.9 Å². The minimum Gasteiger partial charge on any atom is -0.393 e. The van der Waals surface area contributed by atoms with Crippen molar-refractivity contribution in [3.63, 3.8) is 0 Å². The Bertz CT molecular complexity index is 283. The molecule has 2 rings (SSSR count). The van der Waals surface area contributed by atoms with Crippen molar-refractivity contribution in [2.45, 2.75) is 49.9 Å². The lowest BCUT2D eigenvalue weighted by Crippen LogP contribution is -2.35. The second-order valence-corrected chi connectivity index (χ2v) is 7.04. The molecule has 1 saturated heterocycles. The van der Waals surface area contributed by atoms with E-state index in [-0.39, 0.29) is 12.0 Å². The quantitative estimate of drug-likeness (QED) is 0.709. The molecule has 0 spiro atoms. The van der Waals surface area contributed by atoms with Crippen LogP contribution in [0.4, 0.5) is 0 Å². The minimum atomic E-state index is -0.153. The van der Waals surface area contributed by atoms with Gasteiger partial charge in [0.2, 0.25) is 5.91 Å². The number of rotatable bonds is 5. The van der Waals surface area contributed by atoms with Crippen molar-refractivity contribution in [1.29, 1.82) is 0 Å². The fraction of sp³-hybridized carbons (Fsp3) is 0.929. The summed E-state index contributed by atoms with van der Waals surface area (Å²) < 4.78 is 0. The molecule has 2 aliphatic rings. The second kappa shape index (κ2) is 8.12. The Balaban J connectivity index is 1.56. The highest BCUT2D eigenvalue weighted by atomic mass is 32.2. The van der Waals surface area contributed by atoms with Gasteiger partial charge >= 0.3 is 0 Å². The Hall–Kier alpha value is -0.260. The smallest absolute Gasteiger partial charge is 0.230 e. The molecule has 5 heteroatoms. The van der Waals surface area contributed by atoms with Crippen molar-refractivity contribution >= 4 is 17.7 Å². The summed E-state index contributed by atoms with van der Waals surface area (Å²) in [6.45, 7) is 2.90. The molecule has 1 aliphatic heterocycles. The standard InChI is InChI=1S/C14H26N2O2S/c17-12-3-1-2-11(8-12)9-16-14(18)10-19-13-4-6-15-7-5-13/h11-13,15,17H,1-10H2,(H,16,18). The van der Waals surface area contributed by atoms with Gasteiger partial charge in [0.1, 0.15) is 0 Å². The third kappa shape index (κ3) is 5.71. The molecular formula is C14H26N2O2S. The Morgan fingerprint density at radius 2 is 2.05 bits per heavy atom. The maximum atomic E-state index is 11.8. The molecule has 1 heterocycles. The van der Waals surface area contributed by atoms with E-state index in [1.165, 1.54) is 12.8 Å². The van der Waals surface area contributed by atoms with Crippen LogP contribution in [0.1, 0.15) is 38.5 Å². The summed E-state index contributed by atoms with van der Waals surface area (Å²) in [5, 5.41) is 16.6. The number of hydrogen-bond acceptors (Lipinski definition) is 4. The van der Waals surface area contributed by atoms with E-state index < -0.39 is 0 Å². The molecule has 1 saturated carbocycles. The molecule has 2 unspecified atom stereocenters. The number of carbonyl (C=O) groups excluding carboxylic acids is 1. The van der Waals surface area contributed by atoms with Gasteiger partial charge in [-0.05, 0) is 51.1 Å². The zero-order valence-electron chi connectivity index (χ0n) is 11.6. The maximum Gasteiger partial charge on any atom is 0.230 e. The molecular weight excluding hydrogens is 260 g/mol. The van der Waals surface area contributed by atoms with Gasteiger partial charge in [-0.25, -0.2) is 0 Å². The first-order chi connectivity index (χ1) is 9.24. The van der Waals surface area contributed by atoms with Gasteiger partial charge in [-0.3, -0.25) is 4.79 Å². The first kappa shape index (κ1) is 15.1. The normalized spacial score (nSPS) is 29.1. The van der Waals surface area contributed by atoms with Crippen LogP contribution in [0.15, 0.2) is 0 Å². The number of aliphatic hydroxyl groups is 1. The van der Waals surface area contributed by atoms with Gasteiger partial charge in [-0.1, -0.05) is 6.42 Å². The Labute approximate surface area is 120 Å². The van der Waals surface area contributed by atoms with Crippen LogP contribution in [0.2, 0.25) is 0 Å². The summed E-state index contributed by atoms with van der Waals surface area (Å²) in [4.78, 5) is 11.8. The molecule has 2 fully saturated rings. The highest BCUT2D eigenvalue weighted by Crippen LogP contribution is 2.23. The maximum absolute atomic E-state index is 11.8. The van der Waals surface area contributed by atoms with Crippen molar-refractivity contribution in [2.24, 2.45) is 5.92 Å². The van der Waals surface area contributed by atoms with Crippen LogP contribution in [0, 0.1) is 5.92 Å². The van der Waals surface area contributed by atoms with E-state index in [0.717, 1.165) is 45.3 Å². The number of thioether (sulfide) groups is 1. The van der Waals surface area contributed by atoms with Crippen LogP contribution in [-0.2, 0) is 4.79 Å². The molecule has 110 valence electrons. The predicted molar refractivity (Wildman–Crippen MR) is 79.3 cm³/mol. The van der Waals surface area contributed by atoms with Crippen LogP contribution in [0.3, 0.4) is 0 Å². The Morgan fingerprint density at radius 3 is 2.79 bits per heavy atom.